The molecular weight excluding hydrogens is 340 g/mol. The number of nitrogens with one attached hydrogen (secondary N) is 2. The van der Waals surface area contributed by atoms with Crippen LogP contribution in [-0.2, 0) is 16.1 Å². The average molecular weight is 358 g/mol. The van der Waals surface area contributed by atoms with Crippen LogP contribution in [0.4, 0.5) is 5.69 Å². The van der Waals surface area contributed by atoms with E-state index < -0.39 is 18.0 Å². The Morgan fingerprint density at radius 2 is 2.08 bits per heavy atom. The lowest BCUT2D eigenvalue weighted by Gasteiger charge is -2.11. The third-order valence-electron chi connectivity index (χ3n) is 3.94. The van der Waals surface area contributed by atoms with E-state index in [1.165, 1.54) is 0 Å². The van der Waals surface area contributed by atoms with Crippen molar-refractivity contribution < 1.29 is 28.6 Å². The van der Waals surface area contributed by atoms with E-state index in [1.54, 1.807) is 24.3 Å². The first-order chi connectivity index (χ1) is 12.5. The van der Waals surface area contributed by atoms with Crippen molar-refractivity contribution >= 4 is 23.5 Å². The summed E-state index contributed by atoms with van der Waals surface area (Å²) in [6.07, 6.45) is 2.18. The Kier molecular flexibility index (Phi) is 5.33. The lowest BCUT2D eigenvalue weighted by Crippen LogP contribution is -2.27. The molecule has 1 unspecified atom stereocenters. The van der Waals surface area contributed by atoms with Gasteiger partial charge < -0.3 is 24.9 Å². The molecule has 0 bridgehead atoms. The van der Waals surface area contributed by atoms with Crippen LogP contribution in [0.25, 0.3) is 0 Å². The van der Waals surface area contributed by atoms with Crippen LogP contribution in [0.15, 0.2) is 41.0 Å². The van der Waals surface area contributed by atoms with Gasteiger partial charge in [-0.1, -0.05) is 12.1 Å². The van der Waals surface area contributed by atoms with Crippen molar-refractivity contribution in [3.63, 3.8) is 0 Å². The van der Waals surface area contributed by atoms with E-state index in [0.717, 1.165) is 24.3 Å². The predicted molar refractivity (Wildman–Crippen MR) is 90.9 cm³/mol. The van der Waals surface area contributed by atoms with Gasteiger partial charge in [-0.05, 0) is 30.5 Å². The van der Waals surface area contributed by atoms with Crippen molar-refractivity contribution in [1.82, 2.24) is 5.32 Å². The average Bonchev–Trinajstić information content (AvgIpc) is 3.31. The van der Waals surface area contributed by atoms with Crippen LogP contribution in [0.1, 0.15) is 39.3 Å². The Hall–Kier alpha value is -3.13. The van der Waals surface area contributed by atoms with Crippen LogP contribution in [0.3, 0.4) is 0 Å². The van der Waals surface area contributed by atoms with Crippen LogP contribution in [-0.4, -0.2) is 35.6 Å². The Morgan fingerprint density at radius 3 is 2.77 bits per heavy atom. The van der Waals surface area contributed by atoms with Crippen LogP contribution in [0.5, 0.6) is 0 Å². The van der Waals surface area contributed by atoms with E-state index in [2.05, 4.69) is 10.6 Å². The number of benzene rings is 1. The van der Waals surface area contributed by atoms with Crippen molar-refractivity contribution in [1.29, 1.82) is 0 Å². The molecule has 1 aromatic heterocycles. The zero-order chi connectivity index (χ0) is 18.5. The Bertz CT molecular complexity index is 823. The summed E-state index contributed by atoms with van der Waals surface area (Å²) in [6.45, 7) is 0.798. The summed E-state index contributed by atoms with van der Waals surface area (Å²) in [5, 5.41) is 14.3. The number of rotatable bonds is 6. The van der Waals surface area contributed by atoms with Crippen molar-refractivity contribution in [3.8, 4) is 0 Å². The quantitative estimate of drug-likeness (QED) is 0.727. The Morgan fingerprint density at radius 1 is 1.23 bits per heavy atom. The van der Waals surface area contributed by atoms with Gasteiger partial charge in [0.15, 0.2) is 5.76 Å². The number of carboxylic acid groups (broad SMARTS) is 1. The molecule has 1 aromatic carbocycles. The molecule has 136 valence electrons. The molecule has 26 heavy (non-hydrogen) atoms. The molecule has 0 radical (unpaired) electrons. The van der Waals surface area contributed by atoms with Gasteiger partial charge in [-0.3, -0.25) is 9.59 Å². The minimum absolute atomic E-state index is 0.0785. The molecule has 3 rings (SSSR count). The van der Waals surface area contributed by atoms with Crippen LogP contribution in [0, 0.1) is 0 Å². The third kappa shape index (κ3) is 4.28. The zero-order valence-corrected chi connectivity index (χ0v) is 13.9. The molecule has 0 spiro atoms. The van der Waals surface area contributed by atoms with Gasteiger partial charge in [0.05, 0.1) is 5.56 Å². The summed E-state index contributed by atoms with van der Waals surface area (Å²) in [6, 6.07) is 8.23. The summed E-state index contributed by atoms with van der Waals surface area (Å²) in [4.78, 5) is 34.9. The first-order valence-electron chi connectivity index (χ1n) is 8.14. The molecule has 1 saturated heterocycles. The summed E-state index contributed by atoms with van der Waals surface area (Å²) in [5.41, 5.74) is 1.30. The Balaban J connectivity index is 1.56. The smallest absolute Gasteiger partial charge is 0.338 e. The highest BCUT2D eigenvalue weighted by Gasteiger charge is 2.23. The zero-order valence-electron chi connectivity index (χ0n) is 13.9. The van der Waals surface area contributed by atoms with Crippen LogP contribution < -0.4 is 10.6 Å². The second-order valence-electron chi connectivity index (χ2n) is 5.88. The maximum absolute atomic E-state index is 12.1. The standard InChI is InChI=1S/C18H18N2O6/c21-16(15-8-12(10-26-15)18(23)24)19-9-11-3-1-4-13(7-11)20-17(22)14-5-2-6-25-14/h1,3-4,7-8,10,14H,2,5-6,9H2,(H,19,21)(H,20,22)(H,23,24). The maximum Gasteiger partial charge on any atom is 0.338 e. The SMILES string of the molecule is O=C(O)c1coc(C(=O)NCc2cccc(NC(=O)C3CCCO3)c2)c1. The number of hydrogen-bond donors (Lipinski definition) is 3. The summed E-state index contributed by atoms with van der Waals surface area (Å²) >= 11 is 0. The predicted octanol–water partition coefficient (Wildman–Crippen LogP) is 2.03. The van der Waals surface area contributed by atoms with Gasteiger partial charge in [-0.15, -0.1) is 0 Å². The van der Waals surface area contributed by atoms with E-state index in [0.29, 0.717) is 18.7 Å². The molecule has 0 aliphatic carbocycles. The summed E-state index contributed by atoms with van der Waals surface area (Å²) in [5.74, 6) is -1.94. The highest BCUT2D eigenvalue weighted by Crippen LogP contribution is 2.16. The number of carbonyl (C=O) groups excluding carboxylic acids is 2. The van der Waals surface area contributed by atoms with E-state index in [4.69, 9.17) is 14.3 Å². The molecule has 0 saturated carbocycles. The molecular formula is C18H18N2O6. The van der Waals surface area contributed by atoms with E-state index in [1.807, 2.05) is 0 Å². The lowest BCUT2D eigenvalue weighted by molar-refractivity contribution is -0.124. The van der Waals surface area contributed by atoms with E-state index >= 15 is 0 Å². The van der Waals surface area contributed by atoms with Gasteiger partial charge in [-0.25, -0.2) is 4.79 Å². The fourth-order valence-corrected chi connectivity index (χ4v) is 2.60. The number of furan rings is 1. The molecule has 8 nitrogen and oxygen atoms in total. The van der Waals surface area contributed by atoms with Crippen molar-refractivity contribution in [2.24, 2.45) is 0 Å². The van der Waals surface area contributed by atoms with Gasteiger partial charge in [-0.2, -0.15) is 0 Å². The third-order valence-corrected chi connectivity index (χ3v) is 3.94. The topological polar surface area (TPSA) is 118 Å². The number of ether oxygens (including phenoxy) is 1. The molecule has 1 fully saturated rings. The van der Waals surface area contributed by atoms with Gasteiger partial charge in [0.25, 0.3) is 11.8 Å². The lowest BCUT2D eigenvalue weighted by atomic mass is 10.2. The first-order valence-corrected chi connectivity index (χ1v) is 8.14. The van der Waals surface area contributed by atoms with E-state index in [9.17, 15) is 14.4 Å². The van der Waals surface area contributed by atoms with Gasteiger partial charge >= 0.3 is 5.97 Å². The van der Waals surface area contributed by atoms with Crippen molar-refractivity contribution in [2.45, 2.75) is 25.5 Å². The number of carbonyl (C=O) groups is 3. The van der Waals surface area contributed by atoms with Gasteiger partial charge in [0.2, 0.25) is 0 Å². The number of aromatic carboxylic acids is 1. The molecule has 2 heterocycles. The fourth-order valence-electron chi connectivity index (χ4n) is 2.60. The molecule has 1 aliphatic heterocycles. The van der Waals surface area contributed by atoms with Gasteiger partial charge in [0, 0.05) is 24.9 Å². The Labute approximate surface area is 149 Å². The normalized spacial score (nSPS) is 16.2. The fraction of sp³-hybridized carbons (Fsp3) is 0.278. The molecule has 8 heteroatoms. The second-order valence-corrected chi connectivity index (χ2v) is 5.88. The van der Waals surface area contributed by atoms with Crippen molar-refractivity contribution in [2.75, 3.05) is 11.9 Å². The molecule has 3 N–H and O–H groups in total. The van der Waals surface area contributed by atoms with E-state index in [-0.39, 0.29) is 23.8 Å². The summed E-state index contributed by atoms with van der Waals surface area (Å²) in [7, 11) is 0. The van der Waals surface area contributed by atoms with Crippen LogP contribution >= 0.6 is 0 Å². The maximum atomic E-state index is 12.1. The van der Waals surface area contributed by atoms with Crippen molar-refractivity contribution in [3.05, 3.63) is 53.5 Å². The monoisotopic (exact) mass is 358 g/mol. The first kappa shape index (κ1) is 17.7. The summed E-state index contributed by atoms with van der Waals surface area (Å²) < 4.78 is 10.3. The minimum Gasteiger partial charge on any atom is -0.478 e. The highest BCUT2D eigenvalue weighted by atomic mass is 16.5. The van der Waals surface area contributed by atoms with Crippen LogP contribution in [0.2, 0.25) is 0 Å². The molecule has 2 aromatic rings. The number of hydrogen-bond acceptors (Lipinski definition) is 5. The largest absolute Gasteiger partial charge is 0.478 e. The highest BCUT2D eigenvalue weighted by molar-refractivity contribution is 5.95. The molecule has 1 atom stereocenters. The molecule has 2 amide bonds. The number of carboxylic acids is 1. The second kappa shape index (κ2) is 7.83. The molecule has 1 aliphatic rings. The van der Waals surface area contributed by atoms with Gasteiger partial charge in [0.1, 0.15) is 12.4 Å². The number of anilines is 1. The number of amides is 2. The minimum atomic E-state index is -1.16.